The van der Waals surface area contributed by atoms with E-state index in [2.05, 4.69) is 24.0 Å². The van der Waals surface area contributed by atoms with Crippen molar-refractivity contribution in [1.82, 2.24) is 4.90 Å². The summed E-state index contributed by atoms with van der Waals surface area (Å²) in [5.74, 6) is 0.480. The molecule has 1 N–H and O–H groups in total. The Morgan fingerprint density at radius 1 is 1.30 bits per heavy atom. The normalized spacial score (nSPS) is 26.3. The number of rotatable bonds is 5. The zero-order chi connectivity index (χ0) is 16.2. The van der Waals surface area contributed by atoms with E-state index in [-0.39, 0.29) is 5.92 Å². The van der Waals surface area contributed by atoms with Crippen LogP contribution in [0, 0.1) is 11.8 Å². The molecule has 4 nitrogen and oxygen atoms in total. The van der Waals surface area contributed by atoms with E-state index in [1.54, 1.807) is 0 Å². The molecule has 1 aliphatic carbocycles. The number of benzene rings is 1. The molecule has 1 saturated heterocycles. The van der Waals surface area contributed by atoms with Crippen LogP contribution in [0.4, 0.5) is 0 Å². The Morgan fingerprint density at radius 2 is 2.09 bits per heavy atom. The van der Waals surface area contributed by atoms with Crippen molar-refractivity contribution in [3.63, 3.8) is 0 Å². The van der Waals surface area contributed by atoms with Gasteiger partial charge in [0.15, 0.2) is 0 Å². The molecule has 3 rings (SSSR count). The Morgan fingerprint density at radius 3 is 2.83 bits per heavy atom. The minimum absolute atomic E-state index is 0.239. The number of carboxylic acid groups (broad SMARTS) is 1. The van der Waals surface area contributed by atoms with Crippen molar-refractivity contribution < 1.29 is 14.6 Å². The van der Waals surface area contributed by atoms with Crippen molar-refractivity contribution >= 4 is 5.97 Å². The molecule has 23 heavy (non-hydrogen) atoms. The first-order valence-corrected chi connectivity index (χ1v) is 8.81. The second kappa shape index (κ2) is 7.35. The van der Waals surface area contributed by atoms with Crippen LogP contribution in [-0.2, 0) is 11.3 Å². The number of hydrogen-bond donors (Lipinski definition) is 1. The topological polar surface area (TPSA) is 49.8 Å². The standard InChI is InChI=1S/C19H27NO3/c1-14-9-16(19(21)22)13-20(11-14)12-15-5-4-8-18(10-15)23-17-6-2-3-7-17/h4-5,8,10,14,16-17H,2-3,6-7,9,11-13H2,1H3,(H,21,22). The molecule has 2 aliphatic rings. The summed E-state index contributed by atoms with van der Waals surface area (Å²) < 4.78 is 6.07. The SMILES string of the molecule is CC1CC(C(=O)O)CN(Cc2cccc(OC3CCCC3)c2)C1. The van der Waals surface area contributed by atoms with Crippen LogP contribution in [0.5, 0.6) is 5.75 Å². The summed E-state index contributed by atoms with van der Waals surface area (Å²) in [4.78, 5) is 13.6. The molecule has 1 saturated carbocycles. The second-order valence-corrected chi connectivity index (χ2v) is 7.24. The van der Waals surface area contributed by atoms with Gasteiger partial charge in [-0.3, -0.25) is 9.69 Å². The fraction of sp³-hybridized carbons (Fsp3) is 0.632. The van der Waals surface area contributed by atoms with Crippen LogP contribution in [0.25, 0.3) is 0 Å². The number of carboxylic acids is 1. The van der Waals surface area contributed by atoms with Crippen LogP contribution in [0.2, 0.25) is 0 Å². The van der Waals surface area contributed by atoms with Gasteiger partial charge in [0, 0.05) is 19.6 Å². The van der Waals surface area contributed by atoms with Crippen LogP contribution in [0.3, 0.4) is 0 Å². The van der Waals surface area contributed by atoms with Crippen molar-refractivity contribution in [2.45, 2.75) is 51.7 Å². The lowest BCUT2D eigenvalue weighted by Gasteiger charge is -2.34. The van der Waals surface area contributed by atoms with Crippen molar-refractivity contribution in [3.05, 3.63) is 29.8 Å². The van der Waals surface area contributed by atoms with Crippen molar-refractivity contribution in [2.75, 3.05) is 13.1 Å². The Hall–Kier alpha value is -1.55. The van der Waals surface area contributed by atoms with Crippen molar-refractivity contribution in [1.29, 1.82) is 0 Å². The van der Waals surface area contributed by atoms with Gasteiger partial charge >= 0.3 is 5.97 Å². The van der Waals surface area contributed by atoms with E-state index in [4.69, 9.17) is 4.74 Å². The summed E-state index contributed by atoms with van der Waals surface area (Å²) in [5.41, 5.74) is 1.21. The highest BCUT2D eigenvalue weighted by Crippen LogP contribution is 2.26. The Labute approximate surface area is 138 Å². The molecule has 0 amide bonds. The highest BCUT2D eigenvalue weighted by Gasteiger charge is 2.29. The summed E-state index contributed by atoms with van der Waals surface area (Å²) in [6.07, 6.45) is 6.02. The first kappa shape index (κ1) is 16.3. The molecule has 2 unspecified atom stereocenters. The number of nitrogens with zero attached hydrogens (tertiary/aromatic N) is 1. The number of hydrogen-bond acceptors (Lipinski definition) is 3. The Balaban J connectivity index is 1.61. The third-order valence-corrected chi connectivity index (χ3v) is 4.99. The van der Waals surface area contributed by atoms with Gasteiger partial charge in [-0.25, -0.2) is 0 Å². The predicted molar refractivity (Wildman–Crippen MR) is 89.5 cm³/mol. The average Bonchev–Trinajstić information content (AvgIpc) is 3.00. The van der Waals surface area contributed by atoms with E-state index < -0.39 is 5.97 Å². The minimum Gasteiger partial charge on any atom is -0.490 e. The smallest absolute Gasteiger partial charge is 0.307 e. The summed E-state index contributed by atoms with van der Waals surface area (Å²) in [7, 11) is 0. The van der Waals surface area contributed by atoms with Crippen LogP contribution >= 0.6 is 0 Å². The van der Waals surface area contributed by atoms with Crippen molar-refractivity contribution in [2.24, 2.45) is 11.8 Å². The van der Waals surface area contributed by atoms with Crippen LogP contribution < -0.4 is 4.74 Å². The fourth-order valence-corrected chi connectivity index (χ4v) is 3.94. The quantitative estimate of drug-likeness (QED) is 0.902. The molecular formula is C19H27NO3. The lowest BCUT2D eigenvalue weighted by Crippen LogP contribution is -2.41. The third-order valence-electron chi connectivity index (χ3n) is 4.99. The summed E-state index contributed by atoms with van der Waals surface area (Å²) >= 11 is 0. The summed E-state index contributed by atoms with van der Waals surface area (Å²) in [6.45, 7) is 4.56. The molecule has 0 spiro atoms. The average molecular weight is 317 g/mol. The number of piperidine rings is 1. The van der Waals surface area contributed by atoms with Gasteiger partial charge in [0.2, 0.25) is 0 Å². The monoisotopic (exact) mass is 317 g/mol. The third kappa shape index (κ3) is 4.47. The van der Waals surface area contributed by atoms with Gasteiger partial charge in [-0.1, -0.05) is 19.1 Å². The van der Waals surface area contributed by atoms with Crippen LogP contribution in [0.15, 0.2) is 24.3 Å². The second-order valence-electron chi connectivity index (χ2n) is 7.24. The molecular weight excluding hydrogens is 290 g/mol. The predicted octanol–water partition coefficient (Wildman–Crippen LogP) is 3.55. The number of likely N-dealkylation sites (tertiary alicyclic amines) is 1. The first-order valence-electron chi connectivity index (χ1n) is 8.81. The molecule has 1 aromatic rings. The van der Waals surface area contributed by atoms with E-state index in [0.29, 0.717) is 18.6 Å². The van der Waals surface area contributed by atoms with Gasteiger partial charge in [-0.2, -0.15) is 0 Å². The maximum absolute atomic E-state index is 11.3. The highest BCUT2D eigenvalue weighted by molar-refractivity contribution is 5.70. The molecule has 2 atom stereocenters. The first-order chi connectivity index (χ1) is 11.1. The van der Waals surface area contributed by atoms with E-state index in [9.17, 15) is 9.90 Å². The van der Waals surface area contributed by atoms with Gasteiger partial charge in [0.25, 0.3) is 0 Å². The minimum atomic E-state index is -0.667. The van der Waals surface area contributed by atoms with E-state index in [0.717, 1.165) is 38.1 Å². The summed E-state index contributed by atoms with van der Waals surface area (Å²) in [5, 5.41) is 9.30. The number of ether oxygens (including phenoxy) is 1. The maximum Gasteiger partial charge on any atom is 0.307 e. The van der Waals surface area contributed by atoms with E-state index >= 15 is 0 Å². The summed E-state index contributed by atoms with van der Waals surface area (Å²) in [6, 6.07) is 8.30. The Kier molecular flexibility index (Phi) is 5.21. The molecule has 4 heteroatoms. The zero-order valence-corrected chi connectivity index (χ0v) is 13.9. The molecule has 126 valence electrons. The van der Waals surface area contributed by atoms with Gasteiger partial charge < -0.3 is 9.84 Å². The van der Waals surface area contributed by atoms with Crippen LogP contribution in [0.1, 0.15) is 44.6 Å². The molecule has 0 aromatic heterocycles. The van der Waals surface area contributed by atoms with Gasteiger partial charge in [-0.15, -0.1) is 0 Å². The van der Waals surface area contributed by atoms with Gasteiger partial charge in [0.05, 0.1) is 12.0 Å². The fourth-order valence-electron chi connectivity index (χ4n) is 3.94. The molecule has 1 heterocycles. The number of aliphatic carboxylic acids is 1. The van der Waals surface area contributed by atoms with E-state index in [1.807, 2.05) is 12.1 Å². The molecule has 1 aliphatic heterocycles. The lowest BCUT2D eigenvalue weighted by molar-refractivity contribution is -0.144. The Bertz CT molecular complexity index is 539. The highest BCUT2D eigenvalue weighted by atomic mass is 16.5. The van der Waals surface area contributed by atoms with Crippen molar-refractivity contribution in [3.8, 4) is 5.75 Å². The largest absolute Gasteiger partial charge is 0.490 e. The van der Waals surface area contributed by atoms with Crippen LogP contribution in [-0.4, -0.2) is 35.2 Å². The number of carbonyl (C=O) groups is 1. The molecule has 1 aromatic carbocycles. The van der Waals surface area contributed by atoms with E-state index in [1.165, 1.54) is 18.4 Å². The van der Waals surface area contributed by atoms with Gasteiger partial charge in [-0.05, 0) is 55.7 Å². The van der Waals surface area contributed by atoms with Gasteiger partial charge in [0.1, 0.15) is 5.75 Å². The zero-order valence-electron chi connectivity index (χ0n) is 13.9. The maximum atomic E-state index is 11.3. The molecule has 0 radical (unpaired) electrons. The lowest BCUT2D eigenvalue weighted by atomic mass is 9.90. The molecule has 2 fully saturated rings. The molecule has 0 bridgehead atoms.